The predicted molar refractivity (Wildman–Crippen MR) is 113 cm³/mol. The minimum atomic E-state index is 0.258. The zero-order valence-corrected chi connectivity index (χ0v) is 17.6. The van der Waals surface area contributed by atoms with Crippen LogP contribution in [-0.2, 0) is 17.7 Å². The number of nitrogens with one attached hydrogen (secondary N) is 2. The van der Waals surface area contributed by atoms with Gasteiger partial charge in [0.2, 0.25) is 0 Å². The van der Waals surface area contributed by atoms with Crippen molar-refractivity contribution in [3.8, 4) is 6.07 Å². The van der Waals surface area contributed by atoms with Gasteiger partial charge in [0.15, 0.2) is 0 Å². The molecule has 0 spiro atoms. The summed E-state index contributed by atoms with van der Waals surface area (Å²) < 4.78 is 5.76. The summed E-state index contributed by atoms with van der Waals surface area (Å²) in [6, 6.07) is 2.42. The number of likely N-dealkylation sites (N-methyl/N-ethyl adjacent to an activating group) is 2. The lowest BCUT2D eigenvalue weighted by Crippen LogP contribution is -2.31. The van der Waals surface area contributed by atoms with Crippen LogP contribution in [0.2, 0.25) is 0 Å². The van der Waals surface area contributed by atoms with Crippen LogP contribution in [0.4, 0.5) is 11.6 Å². The number of nitriles is 1. The van der Waals surface area contributed by atoms with Gasteiger partial charge >= 0.3 is 0 Å². The van der Waals surface area contributed by atoms with Crippen molar-refractivity contribution >= 4 is 11.6 Å². The lowest BCUT2D eigenvalue weighted by atomic mass is 9.96. The van der Waals surface area contributed by atoms with Gasteiger partial charge in [0.05, 0.1) is 11.7 Å². The Morgan fingerprint density at radius 2 is 2.07 bits per heavy atom. The van der Waals surface area contributed by atoms with Gasteiger partial charge in [-0.05, 0) is 45.0 Å². The summed E-state index contributed by atoms with van der Waals surface area (Å²) in [5, 5.41) is 16.8. The molecule has 1 saturated heterocycles. The van der Waals surface area contributed by atoms with Crippen LogP contribution in [0.3, 0.4) is 0 Å². The fourth-order valence-corrected chi connectivity index (χ4v) is 4.05. The second kappa shape index (κ2) is 10.1. The number of anilines is 2. The van der Waals surface area contributed by atoms with Crippen molar-refractivity contribution in [3.63, 3.8) is 0 Å². The Labute approximate surface area is 169 Å². The standard InChI is InChI=1S/C21H34N6O/c1-4-27(5-2)11-9-23-20-18(13-22)17-8-10-26(3)15-19(17)21(25-20)24-14-16-7-6-12-28-16/h16H,4-12,14-15H2,1-3H3,(H2,23,24,25)/t16-/m0/s1. The molecule has 1 fully saturated rings. The topological polar surface area (TPSA) is 76.5 Å². The molecule has 2 N–H and O–H groups in total. The zero-order chi connectivity index (χ0) is 19.9. The summed E-state index contributed by atoms with van der Waals surface area (Å²) in [6.45, 7) is 11.5. The Bertz CT molecular complexity index is 691. The van der Waals surface area contributed by atoms with Gasteiger partial charge in [-0.1, -0.05) is 13.8 Å². The molecular formula is C21H34N6O. The Morgan fingerprint density at radius 1 is 1.25 bits per heavy atom. The molecule has 0 bridgehead atoms. The lowest BCUT2D eigenvalue weighted by Gasteiger charge is -2.29. The summed E-state index contributed by atoms with van der Waals surface area (Å²) in [6.07, 6.45) is 3.37. The van der Waals surface area contributed by atoms with Crippen LogP contribution in [0.15, 0.2) is 0 Å². The molecule has 3 heterocycles. The normalized spacial score (nSPS) is 19.5. The maximum atomic E-state index is 9.84. The first-order valence-electron chi connectivity index (χ1n) is 10.6. The van der Waals surface area contributed by atoms with E-state index in [9.17, 15) is 5.26 Å². The molecule has 0 amide bonds. The number of hydrogen-bond acceptors (Lipinski definition) is 7. The molecule has 2 aliphatic heterocycles. The Morgan fingerprint density at radius 3 is 2.75 bits per heavy atom. The third kappa shape index (κ3) is 4.93. The van der Waals surface area contributed by atoms with E-state index >= 15 is 0 Å². The highest BCUT2D eigenvalue weighted by molar-refractivity contribution is 5.66. The Balaban J connectivity index is 1.81. The maximum absolute atomic E-state index is 9.84. The fraction of sp³-hybridized carbons (Fsp3) is 0.714. The number of ether oxygens (including phenoxy) is 1. The van der Waals surface area contributed by atoms with Crippen LogP contribution >= 0.6 is 0 Å². The molecule has 0 saturated carbocycles. The van der Waals surface area contributed by atoms with Crippen molar-refractivity contribution in [2.45, 2.75) is 45.8 Å². The molecule has 1 aromatic heterocycles. The van der Waals surface area contributed by atoms with E-state index in [2.05, 4.69) is 47.4 Å². The van der Waals surface area contributed by atoms with E-state index in [1.54, 1.807) is 0 Å². The van der Waals surface area contributed by atoms with Crippen LogP contribution in [0.25, 0.3) is 0 Å². The van der Waals surface area contributed by atoms with Gasteiger partial charge in [-0.3, -0.25) is 0 Å². The smallest absolute Gasteiger partial charge is 0.146 e. The van der Waals surface area contributed by atoms with E-state index in [4.69, 9.17) is 9.72 Å². The molecule has 0 radical (unpaired) electrons. The van der Waals surface area contributed by atoms with E-state index in [1.807, 2.05) is 0 Å². The van der Waals surface area contributed by atoms with E-state index < -0.39 is 0 Å². The van der Waals surface area contributed by atoms with Gasteiger partial charge in [0, 0.05) is 44.9 Å². The van der Waals surface area contributed by atoms with Crippen LogP contribution in [0.1, 0.15) is 43.4 Å². The number of fused-ring (bicyclic) bond motifs is 1. The van der Waals surface area contributed by atoms with Gasteiger partial charge in [-0.2, -0.15) is 5.26 Å². The summed E-state index contributed by atoms with van der Waals surface area (Å²) in [5.74, 6) is 1.62. The average Bonchev–Trinajstić information content (AvgIpc) is 3.23. The SMILES string of the molecule is CCN(CC)CCNc1nc(NC[C@@H]2CCCO2)c2c(c1C#N)CCN(C)C2. The monoisotopic (exact) mass is 386 g/mol. The largest absolute Gasteiger partial charge is 0.376 e. The highest BCUT2D eigenvalue weighted by Gasteiger charge is 2.25. The number of pyridine rings is 1. The van der Waals surface area contributed by atoms with Crippen molar-refractivity contribution in [1.29, 1.82) is 5.26 Å². The van der Waals surface area contributed by atoms with Gasteiger partial charge in [0.1, 0.15) is 17.7 Å². The molecule has 0 aromatic carbocycles. The molecule has 154 valence electrons. The molecule has 1 atom stereocenters. The molecular weight excluding hydrogens is 352 g/mol. The predicted octanol–water partition coefficient (Wildman–Crippen LogP) is 2.29. The minimum Gasteiger partial charge on any atom is -0.376 e. The molecule has 7 nitrogen and oxygen atoms in total. The van der Waals surface area contributed by atoms with E-state index in [1.165, 1.54) is 0 Å². The number of nitrogens with zero attached hydrogens (tertiary/aromatic N) is 4. The molecule has 7 heteroatoms. The first kappa shape index (κ1) is 20.8. The van der Waals surface area contributed by atoms with Gasteiger partial charge in [0.25, 0.3) is 0 Å². The molecule has 28 heavy (non-hydrogen) atoms. The first-order chi connectivity index (χ1) is 13.7. The third-order valence-corrected chi connectivity index (χ3v) is 5.83. The van der Waals surface area contributed by atoms with Crippen molar-refractivity contribution in [2.75, 3.05) is 63.6 Å². The summed E-state index contributed by atoms with van der Waals surface area (Å²) in [5.41, 5.74) is 3.03. The highest BCUT2D eigenvalue weighted by atomic mass is 16.5. The number of hydrogen-bond donors (Lipinski definition) is 2. The third-order valence-electron chi connectivity index (χ3n) is 5.83. The van der Waals surface area contributed by atoms with Crippen molar-refractivity contribution in [3.05, 3.63) is 16.7 Å². The van der Waals surface area contributed by atoms with Crippen molar-refractivity contribution < 1.29 is 4.74 Å². The molecule has 3 rings (SSSR count). The summed E-state index contributed by atoms with van der Waals surface area (Å²) in [4.78, 5) is 9.51. The lowest BCUT2D eigenvalue weighted by molar-refractivity contribution is 0.120. The summed E-state index contributed by atoms with van der Waals surface area (Å²) >= 11 is 0. The van der Waals surface area contributed by atoms with Crippen LogP contribution < -0.4 is 10.6 Å². The number of aromatic nitrogens is 1. The van der Waals surface area contributed by atoms with E-state index in [-0.39, 0.29) is 6.10 Å². The average molecular weight is 387 g/mol. The number of rotatable bonds is 9. The van der Waals surface area contributed by atoms with E-state index in [0.717, 1.165) is 88.6 Å². The van der Waals surface area contributed by atoms with Gasteiger partial charge < -0.3 is 25.2 Å². The van der Waals surface area contributed by atoms with E-state index in [0.29, 0.717) is 11.4 Å². The second-order valence-corrected chi connectivity index (χ2v) is 7.71. The fourth-order valence-electron chi connectivity index (χ4n) is 4.05. The van der Waals surface area contributed by atoms with Crippen LogP contribution in [0.5, 0.6) is 0 Å². The van der Waals surface area contributed by atoms with Crippen molar-refractivity contribution in [2.24, 2.45) is 0 Å². The molecule has 1 aromatic rings. The van der Waals surface area contributed by atoms with Crippen LogP contribution in [0, 0.1) is 11.3 Å². The zero-order valence-electron chi connectivity index (χ0n) is 17.6. The Kier molecular flexibility index (Phi) is 7.49. The Hall–Kier alpha value is -1.88. The minimum absolute atomic E-state index is 0.258. The molecule has 0 unspecified atom stereocenters. The second-order valence-electron chi connectivity index (χ2n) is 7.71. The van der Waals surface area contributed by atoms with Gasteiger partial charge in [-0.25, -0.2) is 4.98 Å². The molecule has 0 aliphatic carbocycles. The first-order valence-corrected chi connectivity index (χ1v) is 10.6. The maximum Gasteiger partial charge on any atom is 0.146 e. The van der Waals surface area contributed by atoms with Crippen molar-refractivity contribution in [1.82, 2.24) is 14.8 Å². The van der Waals surface area contributed by atoms with Crippen LogP contribution in [-0.4, -0.2) is 73.8 Å². The quantitative estimate of drug-likeness (QED) is 0.674. The highest BCUT2D eigenvalue weighted by Crippen LogP contribution is 2.31. The summed E-state index contributed by atoms with van der Waals surface area (Å²) in [7, 11) is 2.12. The molecule has 2 aliphatic rings. The van der Waals surface area contributed by atoms with Gasteiger partial charge in [-0.15, -0.1) is 0 Å².